The lowest BCUT2D eigenvalue weighted by atomic mass is 10.1. The van der Waals surface area contributed by atoms with E-state index in [1.807, 2.05) is 53.9 Å². The number of nitrogens with zero attached hydrogens (tertiary/aromatic N) is 5. The average molecular weight is 517 g/mol. The van der Waals surface area contributed by atoms with Crippen LogP contribution in [0.25, 0.3) is 16.8 Å². The first-order valence-electron chi connectivity index (χ1n) is 12.9. The van der Waals surface area contributed by atoms with Crippen LogP contribution in [0.3, 0.4) is 0 Å². The first-order valence-corrected chi connectivity index (χ1v) is 12.9. The van der Waals surface area contributed by atoms with Crippen molar-refractivity contribution in [1.29, 1.82) is 0 Å². The fourth-order valence-electron chi connectivity index (χ4n) is 5.10. The maximum Gasteiger partial charge on any atom is 0.245 e. The van der Waals surface area contributed by atoms with Crippen LogP contribution in [0.1, 0.15) is 6.92 Å². The lowest BCUT2D eigenvalue weighted by Crippen LogP contribution is -2.48. The topological polar surface area (TPSA) is 96.6 Å². The Kier molecular flexibility index (Phi) is 6.65. The lowest BCUT2D eigenvalue weighted by molar-refractivity contribution is 0.122. The highest BCUT2D eigenvalue weighted by atomic mass is 16.6. The van der Waals surface area contributed by atoms with Crippen LogP contribution in [-0.4, -0.2) is 83.8 Å². The van der Waals surface area contributed by atoms with Crippen molar-refractivity contribution in [3.05, 3.63) is 54.7 Å². The Bertz CT molecular complexity index is 1430. The van der Waals surface area contributed by atoms with Gasteiger partial charge in [-0.1, -0.05) is 6.07 Å². The molecular weight excluding hydrogens is 484 g/mol. The molecule has 198 valence electrons. The van der Waals surface area contributed by atoms with E-state index in [9.17, 15) is 5.11 Å². The third-order valence-corrected chi connectivity index (χ3v) is 6.93. The standard InChI is InChI=1S/C28H32N6O4/c1-19(35)18-32-10-12-33(13-11-32)20-6-8-23(26(16-20)36-2)30-28-29-17-21-7-9-24(34(21)31-28)22-4-3-5-25-27(22)38-15-14-37-25/h3-9,16-17,19,35H,10-15,18H2,1-2H3,(H,30,31). The number of aliphatic hydroxyl groups is 1. The van der Waals surface area contributed by atoms with Crippen molar-refractivity contribution < 1.29 is 19.3 Å². The van der Waals surface area contributed by atoms with Crippen molar-refractivity contribution in [3.63, 3.8) is 0 Å². The second-order valence-corrected chi connectivity index (χ2v) is 9.61. The van der Waals surface area contributed by atoms with Gasteiger partial charge in [0.1, 0.15) is 19.0 Å². The minimum Gasteiger partial charge on any atom is -0.494 e. The molecule has 6 rings (SSSR count). The van der Waals surface area contributed by atoms with Gasteiger partial charge in [0, 0.05) is 50.0 Å². The molecule has 10 nitrogen and oxygen atoms in total. The van der Waals surface area contributed by atoms with Crippen LogP contribution in [-0.2, 0) is 0 Å². The average Bonchev–Trinajstić information content (AvgIpc) is 3.36. The Morgan fingerprint density at radius 2 is 1.89 bits per heavy atom. The van der Waals surface area contributed by atoms with Gasteiger partial charge in [0.05, 0.1) is 36.3 Å². The molecule has 2 aliphatic rings. The van der Waals surface area contributed by atoms with Crippen molar-refractivity contribution in [2.75, 3.05) is 63.3 Å². The number of hydrogen-bond donors (Lipinski definition) is 2. The van der Waals surface area contributed by atoms with E-state index < -0.39 is 0 Å². The second-order valence-electron chi connectivity index (χ2n) is 9.61. The predicted molar refractivity (Wildman–Crippen MR) is 146 cm³/mol. The van der Waals surface area contributed by atoms with Crippen molar-refractivity contribution >= 4 is 22.8 Å². The van der Waals surface area contributed by atoms with Gasteiger partial charge in [0.2, 0.25) is 5.95 Å². The Labute approximate surface area is 221 Å². The molecule has 2 N–H and O–H groups in total. The summed E-state index contributed by atoms with van der Waals surface area (Å²) in [5, 5.41) is 17.8. The molecule has 0 bridgehead atoms. The highest BCUT2D eigenvalue weighted by Gasteiger charge is 2.21. The first kappa shape index (κ1) is 24.3. The van der Waals surface area contributed by atoms with Crippen LogP contribution in [0.15, 0.2) is 54.7 Å². The molecule has 2 aliphatic heterocycles. The molecule has 10 heteroatoms. The zero-order valence-corrected chi connectivity index (χ0v) is 21.6. The summed E-state index contributed by atoms with van der Waals surface area (Å²) in [6.07, 6.45) is 1.48. The number of para-hydroxylation sites is 1. The number of hydrogen-bond acceptors (Lipinski definition) is 9. The maximum absolute atomic E-state index is 9.67. The third kappa shape index (κ3) is 4.80. The van der Waals surface area contributed by atoms with E-state index in [1.54, 1.807) is 13.3 Å². The quantitative estimate of drug-likeness (QED) is 0.383. The molecule has 1 unspecified atom stereocenters. The van der Waals surface area contributed by atoms with E-state index in [4.69, 9.17) is 19.3 Å². The molecule has 1 fully saturated rings. The number of fused-ring (bicyclic) bond motifs is 2. The van der Waals surface area contributed by atoms with Gasteiger partial charge in [-0.2, -0.15) is 0 Å². The van der Waals surface area contributed by atoms with Crippen molar-refractivity contribution in [1.82, 2.24) is 19.5 Å². The minimum atomic E-state index is -0.309. The summed E-state index contributed by atoms with van der Waals surface area (Å²) in [5.74, 6) is 2.64. The smallest absolute Gasteiger partial charge is 0.245 e. The molecule has 0 saturated carbocycles. The van der Waals surface area contributed by atoms with Crippen LogP contribution in [0.4, 0.5) is 17.3 Å². The highest BCUT2D eigenvalue weighted by Crippen LogP contribution is 2.40. The Hall–Kier alpha value is -4.02. The maximum atomic E-state index is 9.67. The van der Waals surface area contributed by atoms with Crippen LogP contribution < -0.4 is 24.4 Å². The SMILES string of the molecule is COc1cc(N2CCN(CC(C)O)CC2)ccc1Nc1ncc2ccc(-c3cccc4c3OCCO4)n2n1. The Morgan fingerprint density at radius 3 is 2.71 bits per heavy atom. The summed E-state index contributed by atoms with van der Waals surface area (Å²) in [4.78, 5) is 9.16. The van der Waals surface area contributed by atoms with Gasteiger partial charge < -0.3 is 29.5 Å². The molecule has 38 heavy (non-hydrogen) atoms. The van der Waals surface area contributed by atoms with Crippen molar-refractivity contribution in [2.45, 2.75) is 13.0 Å². The molecular formula is C28H32N6O4. The first-order chi connectivity index (χ1) is 18.6. The fourth-order valence-corrected chi connectivity index (χ4v) is 5.10. The van der Waals surface area contributed by atoms with E-state index in [0.717, 1.165) is 65.8 Å². The number of ether oxygens (including phenoxy) is 3. The number of rotatable bonds is 7. The number of nitrogens with one attached hydrogen (secondary N) is 1. The second kappa shape index (κ2) is 10.4. The lowest BCUT2D eigenvalue weighted by Gasteiger charge is -2.36. The summed E-state index contributed by atoms with van der Waals surface area (Å²) in [5.41, 5.74) is 4.57. The molecule has 1 saturated heterocycles. The molecule has 4 heterocycles. The number of anilines is 3. The molecule has 4 aromatic rings. The Balaban J connectivity index is 1.24. The van der Waals surface area contributed by atoms with E-state index in [1.165, 1.54) is 0 Å². The van der Waals surface area contributed by atoms with Crippen molar-refractivity contribution in [3.8, 4) is 28.5 Å². The molecule has 2 aromatic carbocycles. The van der Waals surface area contributed by atoms with Gasteiger partial charge in [0.15, 0.2) is 11.5 Å². The summed E-state index contributed by atoms with van der Waals surface area (Å²) in [7, 11) is 1.67. The zero-order chi connectivity index (χ0) is 26.1. The molecule has 0 radical (unpaired) electrons. The normalized spacial score (nSPS) is 16.4. The van der Waals surface area contributed by atoms with Gasteiger partial charge in [-0.15, -0.1) is 5.10 Å². The van der Waals surface area contributed by atoms with Crippen LogP contribution in [0.2, 0.25) is 0 Å². The van der Waals surface area contributed by atoms with E-state index in [2.05, 4.69) is 26.2 Å². The highest BCUT2D eigenvalue weighted by molar-refractivity contribution is 5.75. The van der Waals surface area contributed by atoms with Gasteiger partial charge in [-0.3, -0.25) is 4.90 Å². The fraction of sp³-hybridized carbons (Fsp3) is 0.357. The van der Waals surface area contributed by atoms with E-state index >= 15 is 0 Å². The van der Waals surface area contributed by atoms with E-state index in [0.29, 0.717) is 31.5 Å². The zero-order valence-electron chi connectivity index (χ0n) is 21.6. The van der Waals surface area contributed by atoms with Crippen LogP contribution in [0.5, 0.6) is 17.2 Å². The van der Waals surface area contributed by atoms with Crippen molar-refractivity contribution in [2.24, 2.45) is 0 Å². The molecule has 0 amide bonds. The predicted octanol–water partition coefficient (Wildman–Crippen LogP) is 3.42. The molecule has 0 spiro atoms. The van der Waals surface area contributed by atoms with Gasteiger partial charge >= 0.3 is 0 Å². The van der Waals surface area contributed by atoms with Gasteiger partial charge in [0.25, 0.3) is 0 Å². The Morgan fingerprint density at radius 1 is 1.05 bits per heavy atom. The minimum absolute atomic E-state index is 0.309. The third-order valence-electron chi connectivity index (χ3n) is 6.93. The van der Waals surface area contributed by atoms with Crippen LogP contribution in [0, 0.1) is 0 Å². The number of piperazine rings is 1. The molecule has 0 aliphatic carbocycles. The van der Waals surface area contributed by atoms with Gasteiger partial charge in [-0.25, -0.2) is 9.50 Å². The largest absolute Gasteiger partial charge is 0.494 e. The molecule has 2 aromatic heterocycles. The summed E-state index contributed by atoms with van der Waals surface area (Å²) in [6.45, 7) is 7.24. The number of β-amino-alcohol motifs (C(OH)–C–C–N with tert-alkyl or cyclic N) is 1. The summed E-state index contributed by atoms with van der Waals surface area (Å²) < 4.78 is 19.3. The number of aliphatic hydroxyl groups excluding tert-OH is 1. The van der Waals surface area contributed by atoms with E-state index in [-0.39, 0.29) is 6.10 Å². The monoisotopic (exact) mass is 516 g/mol. The van der Waals surface area contributed by atoms with Crippen LogP contribution >= 0.6 is 0 Å². The molecule has 1 atom stereocenters. The van der Waals surface area contributed by atoms with Gasteiger partial charge in [-0.05, 0) is 43.3 Å². The number of methoxy groups -OCH3 is 1. The number of aromatic nitrogens is 3. The summed E-state index contributed by atoms with van der Waals surface area (Å²) in [6, 6.07) is 16.0. The number of benzene rings is 2. The summed E-state index contributed by atoms with van der Waals surface area (Å²) >= 11 is 0.